The van der Waals surface area contributed by atoms with E-state index < -0.39 is 0 Å². The van der Waals surface area contributed by atoms with Crippen LogP contribution in [0, 0.1) is 0 Å². The molecule has 0 radical (unpaired) electrons. The van der Waals surface area contributed by atoms with E-state index in [1.807, 2.05) is 59.2 Å². The Kier molecular flexibility index (Phi) is 3.81. The fraction of sp³-hybridized carbons (Fsp3) is 0.154. The van der Waals surface area contributed by atoms with E-state index in [1.165, 1.54) is 6.20 Å². The second kappa shape index (κ2) is 6.57. The van der Waals surface area contributed by atoms with Crippen LogP contribution in [-0.2, 0) is 13.0 Å². The van der Waals surface area contributed by atoms with Crippen molar-refractivity contribution in [2.75, 3.05) is 0 Å². The molecule has 6 rings (SSSR count). The van der Waals surface area contributed by atoms with Crippen LogP contribution in [0.4, 0.5) is 0 Å². The number of nitrogens with zero attached hydrogens (tertiary/aromatic N) is 2. The number of fused-ring (bicyclic) bond motifs is 6. The van der Waals surface area contributed by atoms with Crippen molar-refractivity contribution < 1.29 is 14.4 Å². The van der Waals surface area contributed by atoms with Gasteiger partial charge < -0.3 is 4.57 Å². The van der Waals surface area contributed by atoms with E-state index in [0.717, 1.165) is 22.9 Å². The molecule has 4 aromatic rings. The summed E-state index contributed by atoms with van der Waals surface area (Å²) < 4.78 is 1.92. The van der Waals surface area contributed by atoms with Crippen LogP contribution in [0.5, 0.6) is 0 Å². The number of rotatable bonds is 2. The maximum atomic E-state index is 13.8. The van der Waals surface area contributed by atoms with Crippen molar-refractivity contribution in [1.82, 2.24) is 9.55 Å². The van der Waals surface area contributed by atoms with Crippen LogP contribution in [0.2, 0.25) is 0 Å². The average Bonchev–Trinajstić information content (AvgIpc) is 3.12. The van der Waals surface area contributed by atoms with E-state index in [-0.39, 0.29) is 28.5 Å². The van der Waals surface area contributed by atoms with Crippen molar-refractivity contribution in [3.05, 3.63) is 100.0 Å². The van der Waals surface area contributed by atoms with Gasteiger partial charge in [0.25, 0.3) is 0 Å². The molecule has 0 amide bonds. The summed E-state index contributed by atoms with van der Waals surface area (Å²) in [7, 11) is 0. The van der Waals surface area contributed by atoms with Gasteiger partial charge in [-0.3, -0.25) is 19.4 Å². The molecule has 0 N–H and O–H groups in total. The van der Waals surface area contributed by atoms with Crippen LogP contribution in [0.25, 0.3) is 10.9 Å². The molecule has 2 aromatic carbocycles. The summed E-state index contributed by atoms with van der Waals surface area (Å²) in [6.45, 7) is 0.475. The summed E-state index contributed by atoms with van der Waals surface area (Å²) in [4.78, 5) is 44.6. The number of pyridine rings is 1. The van der Waals surface area contributed by atoms with E-state index in [4.69, 9.17) is 0 Å². The predicted octanol–water partition coefficient (Wildman–Crippen LogP) is 4.38. The monoisotopic (exact) mass is 406 g/mol. The Bertz CT molecular complexity index is 1430. The van der Waals surface area contributed by atoms with Gasteiger partial charge in [0.2, 0.25) is 5.78 Å². The minimum Gasteiger partial charge on any atom is -0.333 e. The van der Waals surface area contributed by atoms with Gasteiger partial charge in [-0.25, -0.2) is 0 Å². The highest BCUT2D eigenvalue weighted by atomic mass is 16.1. The van der Waals surface area contributed by atoms with Gasteiger partial charge in [-0.2, -0.15) is 0 Å². The number of hydrogen-bond donors (Lipinski definition) is 0. The lowest BCUT2D eigenvalue weighted by atomic mass is 9.80. The van der Waals surface area contributed by atoms with Crippen LogP contribution in [-0.4, -0.2) is 26.9 Å². The molecule has 2 aromatic heterocycles. The van der Waals surface area contributed by atoms with Crippen molar-refractivity contribution in [3.8, 4) is 0 Å². The molecule has 0 bridgehead atoms. The molecule has 2 heterocycles. The highest BCUT2D eigenvalue weighted by Crippen LogP contribution is 2.38. The summed E-state index contributed by atoms with van der Waals surface area (Å²) in [5.74, 6) is -0.588. The van der Waals surface area contributed by atoms with Crippen molar-refractivity contribution in [2.24, 2.45) is 0 Å². The van der Waals surface area contributed by atoms with Gasteiger partial charge in [-0.15, -0.1) is 0 Å². The van der Waals surface area contributed by atoms with Gasteiger partial charge in [0.1, 0.15) is 5.69 Å². The maximum Gasteiger partial charge on any atom is 0.212 e. The third kappa shape index (κ3) is 2.49. The van der Waals surface area contributed by atoms with Gasteiger partial charge >= 0.3 is 0 Å². The Morgan fingerprint density at radius 2 is 1.58 bits per heavy atom. The number of carbonyl (C=O) groups is 3. The third-order valence-corrected chi connectivity index (χ3v) is 6.32. The number of aromatic nitrogens is 2. The predicted molar refractivity (Wildman–Crippen MR) is 116 cm³/mol. The van der Waals surface area contributed by atoms with Crippen molar-refractivity contribution in [2.45, 2.75) is 25.8 Å². The summed E-state index contributed by atoms with van der Waals surface area (Å²) in [6, 6.07) is 17.4. The highest BCUT2D eigenvalue weighted by molar-refractivity contribution is 6.34. The van der Waals surface area contributed by atoms with E-state index in [1.54, 1.807) is 0 Å². The molecule has 2 aliphatic rings. The van der Waals surface area contributed by atoms with Gasteiger partial charge in [-0.1, -0.05) is 48.5 Å². The average molecular weight is 406 g/mol. The topological polar surface area (TPSA) is 69.0 Å². The first kappa shape index (κ1) is 18.0. The fourth-order valence-electron chi connectivity index (χ4n) is 4.94. The molecule has 0 unspecified atom stereocenters. The van der Waals surface area contributed by atoms with E-state index in [9.17, 15) is 14.4 Å². The number of carbonyl (C=O) groups excluding carboxylic acids is 3. The zero-order valence-corrected chi connectivity index (χ0v) is 16.7. The summed E-state index contributed by atoms with van der Waals surface area (Å²) in [6.07, 6.45) is 3.25. The molecule has 0 saturated heterocycles. The van der Waals surface area contributed by atoms with Crippen molar-refractivity contribution in [1.29, 1.82) is 0 Å². The fourth-order valence-corrected chi connectivity index (χ4v) is 4.94. The molecule has 0 atom stereocenters. The minimum atomic E-state index is -0.249. The summed E-state index contributed by atoms with van der Waals surface area (Å²) >= 11 is 0. The molecule has 0 fully saturated rings. The normalized spacial score (nSPS) is 15.0. The smallest absolute Gasteiger partial charge is 0.212 e. The molecule has 0 spiro atoms. The van der Waals surface area contributed by atoms with Gasteiger partial charge in [0, 0.05) is 35.6 Å². The minimum absolute atomic E-state index is 0.0942. The van der Waals surface area contributed by atoms with Crippen LogP contribution in [0.15, 0.2) is 60.8 Å². The van der Waals surface area contributed by atoms with Crippen LogP contribution >= 0.6 is 0 Å². The number of para-hydroxylation sites is 1. The lowest BCUT2D eigenvalue weighted by molar-refractivity contribution is 0.0947. The quantitative estimate of drug-likeness (QED) is 0.436. The number of ketones is 3. The first-order chi connectivity index (χ1) is 15.1. The van der Waals surface area contributed by atoms with Gasteiger partial charge in [0.05, 0.1) is 22.4 Å². The van der Waals surface area contributed by atoms with Crippen LogP contribution < -0.4 is 0 Å². The Balaban J connectivity index is 1.64. The van der Waals surface area contributed by atoms with Crippen molar-refractivity contribution in [3.63, 3.8) is 0 Å². The lowest BCUT2D eigenvalue weighted by Crippen LogP contribution is -2.28. The molecular formula is C26H18N2O3. The second-order valence-corrected chi connectivity index (χ2v) is 8.12. The second-order valence-electron chi connectivity index (χ2n) is 8.12. The van der Waals surface area contributed by atoms with E-state index >= 15 is 0 Å². The molecule has 0 saturated carbocycles. The molecule has 31 heavy (non-hydrogen) atoms. The number of hydrogen-bond acceptors (Lipinski definition) is 4. The lowest BCUT2D eigenvalue weighted by Gasteiger charge is -2.23. The molecule has 5 heteroatoms. The third-order valence-electron chi connectivity index (χ3n) is 6.32. The number of aryl methyl sites for hydroxylation is 1. The van der Waals surface area contributed by atoms with Crippen molar-refractivity contribution >= 4 is 28.3 Å². The number of benzene rings is 2. The Morgan fingerprint density at radius 3 is 2.42 bits per heavy atom. The highest BCUT2D eigenvalue weighted by Gasteiger charge is 2.39. The summed E-state index contributed by atoms with van der Waals surface area (Å²) in [5.41, 5.74) is 4.12. The molecular weight excluding hydrogens is 388 g/mol. The van der Waals surface area contributed by atoms with Gasteiger partial charge in [-0.05, 0) is 24.5 Å². The Labute approximate surface area is 178 Å². The maximum absolute atomic E-state index is 13.8. The first-order valence-corrected chi connectivity index (χ1v) is 10.4. The zero-order chi connectivity index (χ0) is 21.1. The SMILES string of the molecule is O=C1CCCc2ncc3c(c21)C(=O)c1c(n(Cc2ccccc2)c2ccccc12)C3=O. The molecule has 5 nitrogen and oxygen atoms in total. The van der Waals surface area contributed by atoms with Gasteiger partial charge in [0.15, 0.2) is 11.6 Å². The zero-order valence-electron chi connectivity index (χ0n) is 16.7. The van der Waals surface area contributed by atoms with Crippen LogP contribution in [0.3, 0.4) is 0 Å². The van der Waals surface area contributed by atoms with Crippen LogP contribution in [0.1, 0.15) is 66.4 Å². The Morgan fingerprint density at radius 1 is 0.806 bits per heavy atom. The standard InChI is InChI=1S/C26H18N2O3/c29-20-12-6-10-18-23(20)21-17(13-27-18)25(30)24-22(26(21)31)16-9-4-5-11-19(16)28(24)14-15-7-2-1-3-8-15/h1-5,7-9,11,13H,6,10,12,14H2. The molecule has 0 aliphatic heterocycles. The van der Waals surface area contributed by atoms with E-state index in [0.29, 0.717) is 41.9 Å². The first-order valence-electron chi connectivity index (χ1n) is 10.4. The van der Waals surface area contributed by atoms with E-state index in [2.05, 4.69) is 4.98 Å². The molecule has 2 aliphatic carbocycles. The number of Topliss-reactive ketones (excluding diaryl/α,β-unsaturated/α-hetero) is 1. The largest absolute Gasteiger partial charge is 0.333 e. The molecule has 150 valence electrons. The summed E-state index contributed by atoms with van der Waals surface area (Å²) in [5, 5.41) is 0.742. The Hall–Kier alpha value is -3.86.